The first-order chi connectivity index (χ1) is 6.15. The van der Waals surface area contributed by atoms with Crippen molar-refractivity contribution in [1.29, 1.82) is 0 Å². The highest BCUT2D eigenvalue weighted by Gasteiger charge is 2.26. The van der Waals surface area contributed by atoms with Crippen LogP contribution in [0.1, 0.15) is 6.42 Å². The lowest BCUT2D eigenvalue weighted by molar-refractivity contribution is 0.154. The van der Waals surface area contributed by atoms with Crippen LogP contribution in [0.3, 0.4) is 0 Å². The summed E-state index contributed by atoms with van der Waals surface area (Å²) < 4.78 is 0. The third kappa shape index (κ3) is 2.57. The summed E-state index contributed by atoms with van der Waals surface area (Å²) in [7, 11) is 1.72. The minimum Gasteiger partial charge on any atom is -0.391 e. The van der Waals surface area contributed by atoms with E-state index < -0.39 is 0 Å². The molecule has 0 spiro atoms. The zero-order chi connectivity index (χ0) is 9.84. The first-order valence-electron chi connectivity index (χ1n) is 4.53. The quantitative estimate of drug-likeness (QED) is 0.586. The molecule has 0 aliphatic carbocycles. The molecule has 1 unspecified atom stereocenters. The van der Waals surface area contributed by atoms with Crippen molar-refractivity contribution in [2.45, 2.75) is 12.5 Å². The average Bonchev–Trinajstić information content (AvgIpc) is 2.51. The molecular weight excluding hydrogens is 170 g/mol. The second-order valence-corrected chi connectivity index (χ2v) is 3.38. The second kappa shape index (κ2) is 4.43. The number of carbonyl (C=O) groups excluding carboxylic acids is 1. The molecule has 1 aliphatic heterocycles. The molecule has 0 aromatic carbocycles. The molecule has 0 radical (unpaired) electrons. The summed E-state index contributed by atoms with van der Waals surface area (Å²) in [6.07, 6.45) is 0.331. The molecule has 1 saturated heterocycles. The number of rotatable bonds is 2. The van der Waals surface area contributed by atoms with Gasteiger partial charge in [0.05, 0.1) is 6.10 Å². The number of β-amino-alcohol motifs (C(OH)–C–C–N with tert-alkyl or cyclic N) is 1. The van der Waals surface area contributed by atoms with Crippen LogP contribution in [0.4, 0.5) is 4.79 Å². The Morgan fingerprint density at radius 3 is 2.92 bits per heavy atom. The molecular formula is C8H17N3O2. The van der Waals surface area contributed by atoms with E-state index in [1.807, 2.05) is 0 Å². The fourth-order valence-electron chi connectivity index (χ4n) is 1.45. The Morgan fingerprint density at radius 2 is 2.46 bits per heavy atom. The zero-order valence-corrected chi connectivity index (χ0v) is 7.94. The molecule has 76 valence electrons. The highest BCUT2D eigenvalue weighted by atomic mass is 16.3. The van der Waals surface area contributed by atoms with Crippen molar-refractivity contribution in [3.05, 3.63) is 0 Å². The SMILES string of the molecule is CN(CCN)C(=O)N1CCC(O)C1. The van der Waals surface area contributed by atoms with E-state index >= 15 is 0 Å². The minimum atomic E-state index is -0.352. The second-order valence-electron chi connectivity index (χ2n) is 3.38. The molecule has 2 amide bonds. The third-order valence-corrected chi connectivity index (χ3v) is 2.22. The van der Waals surface area contributed by atoms with E-state index in [9.17, 15) is 9.90 Å². The van der Waals surface area contributed by atoms with Crippen LogP contribution in [0.15, 0.2) is 0 Å². The fourth-order valence-corrected chi connectivity index (χ4v) is 1.45. The summed E-state index contributed by atoms with van der Waals surface area (Å²) in [5.74, 6) is 0. The van der Waals surface area contributed by atoms with Gasteiger partial charge in [-0.1, -0.05) is 0 Å². The highest BCUT2D eigenvalue weighted by molar-refractivity contribution is 5.74. The van der Waals surface area contributed by atoms with Crippen LogP contribution >= 0.6 is 0 Å². The van der Waals surface area contributed by atoms with Crippen molar-refractivity contribution in [3.8, 4) is 0 Å². The Labute approximate surface area is 78.1 Å². The Hall–Kier alpha value is -0.810. The maximum Gasteiger partial charge on any atom is 0.319 e. The van der Waals surface area contributed by atoms with Gasteiger partial charge in [0, 0.05) is 33.2 Å². The van der Waals surface area contributed by atoms with Gasteiger partial charge >= 0.3 is 6.03 Å². The number of hydrogen-bond donors (Lipinski definition) is 2. The van der Waals surface area contributed by atoms with Gasteiger partial charge in [0.25, 0.3) is 0 Å². The van der Waals surface area contributed by atoms with Gasteiger partial charge in [0.2, 0.25) is 0 Å². The van der Waals surface area contributed by atoms with E-state index in [1.54, 1.807) is 16.8 Å². The lowest BCUT2D eigenvalue weighted by Gasteiger charge is -2.23. The van der Waals surface area contributed by atoms with Crippen molar-refractivity contribution < 1.29 is 9.90 Å². The van der Waals surface area contributed by atoms with Crippen molar-refractivity contribution >= 4 is 6.03 Å². The van der Waals surface area contributed by atoms with Gasteiger partial charge in [-0.3, -0.25) is 0 Å². The molecule has 5 heteroatoms. The van der Waals surface area contributed by atoms with Crippen molar-refractivity contribution in [2.24, 2.45) is 5.73 Å². The van der Waals surface area contributed by atoms with Gasteiger partial charge in [0.1, 0.15) is 0 Å². The van der Waals surface area contributed by atoms with Crippen LogP contribution in [0.25, 0.3) is 0 Å². The van der Waals surface area contributed by atoms with Crippen LogP contribution in [0.5, 0.6) is 0 Å². The smallest absolute Gasteiger partial charge is 0.319 e. The van der Waals surface area contributed by atoms with Crippen LogP contribution in [0.2, 0.25) is 0 Å². The Bertz CT molecular complexity index is 186. The predicted molar refractivity (Wildman–Crippen MR) is 49.3 cm³/mol. The molecule has 0 bridgehead atoms. The standard InChI is InChI=1S/C8H17N3O2/c1-10(5-3-9)8(13)11-4-2-7(12)6-11/h7,12H,2-6,9H2,1H3. The molecule has 0 aromatic heterocycles. The molecule has 1 fully saturated rings. The minimum absolute atomic E-state index is 0.0398. The lowest BCUT2D eigenvalue weighted by Crippen LogP contribution is -2.42. The van der Waals surface area contributed by atoms with E-state index in [0.29, 0.717) is 32.6 Å². The van der Waals surface area contributed by atoms with E-state index in [1.165, 1.54) is 0 Å². The topological polar surface area (TPSA) is 69.8 Å². The number of urea groups is 1. The summed E-state index contributed by atoms with van der Waals surface area (Å²) in [4.78, 5) is 14.8. The Kier molecular flexibility index (Phi) is 3.50. The van der Waals surface area contributed by atoms with Crippen molar-refractivity contribution in [2.75, 3.05) is 33.2 Å². The number of nitrogens with zero attached hydrogens (tertiary/aromatic N) is 2. The number of amides is 2. The monoisotopic (exact) mass is 187 g/mol. The van der Waals surface area contributed by atoms with E-state index in [-0.39, 0.29) is 12.1 Å². The van der Waals surface area contributed by atoms with Crippen molar-refractivity contribution in [1.82, 2.24) is 9.80 Å². The molecule has 1 atom stereocenters. The number of aliphatic hydroxyl groups excluding tert-OH is 1. The summed E-state index contributed by atoms with van der Waals surface area (Å²) in [5, 5.41) is 9.22. The average molecular weight is 187 g/mol. The predicted octanol–water partition coefficient (Wildman–Crippen LogP) is -0.936. The Morgan fingerprint density at radius 1 is 1.77 bits per heavy atom. The number of aliphatic hydroxyl groups is 1. The van der Waals surface area contributed by atoms with Crippen LogP contribution in [0, 0.1) is 0 Å². The van der Waals surface area contributed by atoms with Crippen LogP contribution in [-0.4, -0.2) is 60.3 Å². The summed E-state index contributed by atoms with van der Waals surface area (Å²) in [6.45, 7) is 2.13. The summed E-state index contributed by atoms with van der Waals surface area (Å²) in [6, 6.07) is -0.0398. The number of nitrogens with two attached hydrogens (primary N) is 1. The highest BCUT2D eigenvalue weighted by Crippen LogP contribution is 2.10. The maximum absolute atomic E-state index is 11.6. The molecule has 1 heterocycles. The fraction of sp³-hybridized carbons (Fsp3) is 0.875. The largest absolute Gasteiger partial charge is 0.391 e. The molecule has 1 aliphatic rings. The first kappa shape index (κ1) is 10.3. The first-order valence-corrected chi connectivity index (χ1v) is 4.53. The van der Waals surface area contributed by atoms with Crippen molar-refractivity contribution in [3.63, 3.8) is 0 Å². The number of likely N-dealkylation sites (tertiary alicyclic amines) is 1. The molecule has 0 aromatic rings. The number of likely N-dealkylation sites (N-methyl/N-ethyl adjacent to an activating group) is 1. The van der Waals surface area contributed by atoms with Gasteiger partial charge in [-0.25, -0.2) is 4.79 Å². The van der Waals surface area contributed by atoms with E-state index in [2.05, 4.69) is 0 Å². The third-order valence-electron chi connectivity index (χ3n) is 2.22. The van der Waals surface area contributed by atoms with Crippen LogP contribution < -0.4 is 5.73 Å². The van der Waals surface area contributed by atoms with Crippen LogP contribution in [-0.2, 0) is 0 Å². The lowest BCUT2D eigenvalue weighted by atomic mass is 10.3. The van der Waals surface area contributed by atoms with E-state index in [0.717, 1.165) is 0 Å². The van der Waals surface area contributed by atoms with Gasteiger partial charge in [-0.2, -0.15) is 0 Å². The normalized spacial score (nSPS) is 22.1. The molecule has 0 saturated carbocycles. The summed E-state index contributed by atoms with van der Waals surface area (Å²) in [5.41, 5.74) is 5.33. The molecule has 13 heavy (non-hydrogen) atoms. The zero-order valence-electron chi connectivity index (χ0n) is 7.94. The van der Waals surface area contributed by atoms with Gasteiger partial charge in [0.15, 0.2) is 0 Å². The molecule has 3 N–H and O–H groups in total. The van der Waals surface area contributed by atoms with Gasteiger partial charge in [-0.15, -0.1) is 0 Å². The summed E-state index contributed by atoms with van der Waals surface area (Å²) >= 11 is 0. The molecule has 1 rings (SSSR count). The van der Waals surface area contributed by atoms with E-state index in [4.69, 9.17) is 5.73 Å². The maximum atomic E-state index is 11.6. The Balaban J connectivity index is 2.38. The number of hydrogen-bond acceptors (Lipinski definition) is 3. The van der Waals surface area contributed by atoms with Gasteiger partial charge < -0.3 is 20.6 Å². The molecule has 5 nitrogen and oxygen atoms in total. The van der Waals surface area contributed by atoms with Gasteiger partial charge in [-0.05, 0) is 6.42 Å². The number of carbonyl (C=O) groups is 1.